The van der Waals surface area contributed by atoms with Crippen LogP contribution in [0.4, 0.5) is 0 Å². The zero-order chi connectivity index (χ0) is 26.0. The number of hydrogen-bond donors (Lipinski definition) is 0. The van der Waals surface area contributed by atoms with Gasteiger partial charge in [-0.1, -0.05) is 167 Å². The van der Waals surface area contributed by atoms with Gasteiger partial charge in [-0.3, -0.25) is 0 Å². The molecule has 0 aromatic heterocycles. The van der Waals surface area contributed by atoms with Crippen LogP contribution in [-0.4, -0.2) is 13.2 Å². The number of rotatable bonds is 32. The molecule has 0 heterocycles. The Hall–Kier alpha value is -0.340. The lowest BCUT2D eigenvalue weighted by Crippen LogP contribution is -1.99. The molecule has 2 heteroatoms. The highest BCUT2D eigenvalue weighted by Crippen LogP contribution is 2.13. The summed E-state index contributed by atoms with van der Waals surface area (Å²) in [4.78, 5) is 10.7. The molecule has 0 saturated carbocycles. The van der Waals surface area contributed by atoms with Gasteiger partial charge in [-0.05, 0) is 38.5 Å². The van der Waals surface area contributed by atoms with Gasteiger partial charge in [0.15, 0.2) is 0 Å². The molecule has 2 nitrogen and oxygen atoms in total. The zero-order valence-corrected chi connectivity index (χ0v) is 25.2. The molecule has 0 aliphatic carbocycles. The van der Waals surface area contributed by atoms with Crippen molar-refractivity contribution in [3.05, 3.63) is 12.2 Å². The van der Waals surface area contributed by atoms with Crippen LogP contribution in [0.2, 0.25) is 0 Å². The van der Waals surface area contributed by atoms with Gasteiger partial charge >= 0.3 is 0 Å². The Labute approximate surface area is 228 Å². The molecule has 0 rings (SSSR count). The third-order valence-electron chi connectivity index (χ3n) is 7.40. The third-order valence-corrected chi connectivity index (χ3v) is 7.40. The first-order valence-electron chi connectivity index (χ1n) is 16.8. The second-order valence-corrected chi connectivity index (χ2v) is 11.2. The maximum atomic E-state index is 5.36. The first-order valence-corrected chi connectivity index (χ1v) is 16.8. The van der Waals surface area contributed by atoms with Gasteiger partial charge in [0.05, 0.1) is 13.2 Å². The smallest absolute Gasteiger partial charge is 0.0822 e. The summed E-state index contributed by atoms with van der Waals surface area (Å²) in [7, 11) is 0. The Bertz CT molecular complexity index is 393. The summed E-state index contributed by atoms with van der Waals surface area (Å²) < 4.78 is 0. The van der Waals surface area contributed by atoms with E-state index >= 15 is 0 Å². The number of unbranched alkanes of at least 4 members (excludes halogenated alkanes) is 25. The van der Waals surface area contributed by atoms with E-state index in [1.165, 1.54) is 167 Å². The quantitative estimate of drug-likeness (QED) is 0.0389. The topological polar surface area (TPSA) is 18.5 Å². The lowest BCUT2D eigenvalue weighted by molar-refractivity contribution is -0.295. The molecule has 0 aromatic carbocycles. The summed E-state index contributed by atoms with van der Waals surface area (Å²) in [5, 5.41) is 0. The minimum atomic E-state index is 0.764. The van der Waals surface area contributed by atoms with Gasteiger partial charge in [0.25, 0.3) is 0 Å². The normalized spacial score (nSPS) is 11.7. The van der Waals surface area contributed by atoms with Crippen LogP contribution < -0.4 is 0 Å². The molecule has 0 atom stereocenters. The van der Waals surface area contributed by atoms with E-state index in [1.54, 1.807) is 0 Å². The van der Waals surface area contributed by atoms with Crippen LogP contribution in [0.15, 0.2) is 12.2 Å². The lowest BCUT2D eigenvalue weighted by Gasteiger charge is -2.05. The second kappa shape index (κ2) is 34.7. The molecule has 216 valence electrons. The molecule has 0 radical (unpaired) electrons. The van der Waals surface area contributed by atoms with Crippen molar-refractivity contribution < 1.29 is 9.78 Å². The van der Waals surface area contributed by atoms with Crippen molar-refractivity contribution in [1.82, 2.24) is 0 Å². The van der Waals surface area contributed by atoms with Gasteiger partial charge in [0.1, 0.15) is 0 Å². The minimum Gasteiger partial charge on any atom is -0.237 e. The monoisotopic (exact) mass is 509 g/mol. The molecule has 0 unspecified atom stereocenters. The van der Waals surface area contributed by atoms with Gasteiger partial charge in [-0.2, -0.15) is 0 Å². The van der Waals surface area contributed by atoms with Crippen molar-refractivity contribution in [2.75, 3.05) is 13.2 Å². The van der Waals surface area contributed by atoms with E-state index in [9.17, 15) is 0 Å². The Kier molecular flexibility index (Phi) is 34.3. The summed E-state index contributed by atoms with van der Waals surface area (Å²) in [5.74, 6) is 0. The largest absolute Gasteiger partial charge is 0.237 e. The fourth-order valence-corrected chi connectivity index (χ4v) is 4.88. The van der Waals surface area contributed by atoms with Gasteiger partial charge in [0, 0.05) is 0 Å². The molecule has 0 spiro atoms. The van der Waals surface area contributed by atoms with Crippen LogP contribution in [0.25, 0.3) is 0 Å². The van der Waals surface area contributed by atoms with Crippen LogP contribution in [0, 0.1) is 0 Å². The molecule has 36 heavy (non-hydrogen) atoms. The van der Waals surface area contributed by atoms with E-state index in [1.807, 2.05) is 0 Å². The van der Waals surface area contributed by atoms with Crippen LogP contribution in [-0.2, 0) is 9.78 Å². The van der Waals surface area contributed by atoms with Crippen molar-refractivity contribution in [2.45, 2.75) is 194 Å². The second-order valence-electron chi connectivity index (χ2n) is 11.2. The maximum absolute atomic E-state index is 5.36. The van der Waals surface area contributed by atoms with Crippen molar-refractivity contribution >= 4 is 0 Å². The molecule has 0 aliphatic rings. The highest BCUT2D eigenvalue weighted by Gasteiger charge is 1.96. The first-order chi connectivity index (χ1) is 17.9. The van der Waals surface area contributed by atoms with Gasteiger partial charge in [-0.15, -0.1) is 0 Å². The fraction of sp³-hybridized carbons (Fsp3) is 0.941. The highest BCUT2D eigenvalue weighted by molar-refractivity contribution is 4.81. The van der Waals surface area contributed by atoms with E-state index in [0.29, 0.717) is 0 Å². The molecule has 0 N–H and O–H groups in total. The summed E-state index contributed by atoms with van der Waals surface area (Å²) in [6, 6.07) is 0. The molecule has 0 amide bonds. The molecule has 0 aromatic rings. The van der Waals surface area contributed by atoms with E-state index in [0.717, 1.165) is 26.1 Å². The van der Waals surface area contributed by atoms with Crippen molar-refractivity contribution in [1.29, 1.82) is 0 Å². The fourth-order valence-electron chi connectivity index (χ4n) is 4.88. The minimum absolute atomic E-state index is 0.764. The molecular formula is C34H68O2. The third kappa shape index (κ3) is 33.7. The van der Waals surface area contributed by atoms with Crippen molar-refractivity contribution in [3.63, 3.8) is 0 Å². The number of hydrogen-bond acceptors (Lipinski definition) is 2. The molecule has 0 fully saturated rings. The Balaban J connectivity index is 3.05. The SMILES string of the molecule is CCCCCCCC/C=C\CCCCCCCCOOCCCCCCCCCCCCCCCC. The zero-order valence-electron chi connectivity index (χ0n) is 25.2. The standard InChI is InChI=1S/C34H68O2/c1-3-5-7-9-11-13-15-17-19-20-22-24-26-28-30-32-34-36-35-33-31-29-27-25-23-21-18-16-14-12-10-8-6-4-2/h17,19H,3-16,18,20-34H2,1-2H3/b19-17-. The Morgan fingerprint density at radius 1 is 0.306 bits per heavy atom. The maximum Gasteiger partial charge on any atom is 0.0822 e. The average molecular weight is 509 g/mol. The van der Waals surface area contributed by atoms with Crippen LogP contribution in [0.1, 0.15) is 194 Å². The van der Waals surface area contributed by atoms with Crippen LogP contribution in [0.5, 0.6) is 0 Å². The summed E-state index contributed by atoms with van der Waals surface area (Å²) in [6.45, 7) is 6.11. The highest BCUT2D eigenvalue weighted by atomic mass is 17.2. The van der Waals surface area contributed by atoms with E-state index in [-0.39, 0.29) is 0 Å². The lowest BCUT2D eigenvalue weighted by atomic mass is 10.0. The Morgan fingerprint density at radius 2 is 0.556 bits per heavy atom. The molecule has 0 saturated heterocycles. The van der Waals surface area contributed by atoms with Gasteiger partial charge in [0.2, 0.25) is 0 Å². The summed E-state index contributed by atoms with van der Waals surface area (Å²) in [5.41, 5.74) is 0. The molecule has 0 aliphatic heterocycles. The predicted octanol–water partition coefficient (Wildman–Crippen LogP) is 12.5. The number of allylic oxidation sites excluding steroid dienone is 2. The van der Waals surface area contributed by atoms with E-state index in [4.69, 9.17) is 9.78 Å². The van der Waals surface area contributed by atoms with Gasteiger partial charge < -0.3 is 0 Å². The van der Waals surface area contributed by atoms with Gasteiger partial charge in [-0.25, -0.2) is 9.78 Å². The molecular weight excluding hydrogens is 440 g/mol. The summed E-state index contributed by atoms with van der Waals surface area (Å²) in [6.07, 6.45) is 43.2. The van der Waals surface area contributed by atoms with Crippen LogP contribution in [0.3, 0.4) is 0 Å². The molecule has 0 bridgehead atoms. The van der Waals surface area contributed by atoms with Crippen molar-refractivity contribution in [3.8, 4) is 0 Å². The predicted molar refractivity (Wildman–Crippen MR) is 162 cm³/mol. The van der Waals surface area contributed by atoms with Crippen LogP contribution >= 0.6 is 0 Å². The summed E-state index contributed by atoms with van der Waals surface area (Å²) >= 11 is 0. The Morgan fingerprint density at radius 3 is 0.861 bits per heavy atom. The van der Waals surface area contributed by atoms with E-state index < -0.39 is 0 Å². The average Bonchev–Trinajstić information content (AvgIpc) is 2.89. The first kappa shape index (κ1) is 35.7. The van der Waals surface area contributed by atoms with E-state index in [2.05, 4.69) is 26.0 Å². The van der Waals surface area contributed by atoms with Crippen molar-refractivity contribution in [2.24, 2.45) is 0 Å².